The zero-order valence-electron chi connectivity index (χ0n) is 20.4. The minimum Gasteiger partial charge on any atom is -0.444 e. The molecule has 0 aromatic carbocycles. The molecule has 1 saturated heterocycles. The number of hydrogen-bond acceptors (Lipinski definition) is 5. The first kappa shape index (κ1) is 26.5. The largest absolute Gasteiger partial charge is 0.444 e. The van der Waals surface area contributed by atoms with Gasteiger partial charge in [-0.1, -0.05) is 13.0 Å². The van der Waals surface area contributed by atoms with Crippen LogP contribution >= 0.6 is 15.9 Å². The van der Waals surface area contributed by atoms with Crippen LogP contribution in [0.3, 0.4) is 0 Å². The van der Waals surface area contributed by atoms with Crippen LogP contribution in [0.25, 0.3) is 0 Å². The number of likely N-dealkylation sites (tertiary alicyclic amines) is 1. The Kier molecular flexibility index (Phi) is 8.00. The highest BCUT2D eigenvalue weighted by molar-refractivity contribution is 9.10. The van der Waals surface area contributed by atoms with E-state index in [9.17, 15) is 18.8 Å². The van der Waals surface area contributed by atoms with Crippen LogP contribution in [-0.2, 0) is 20.7 Å². The Morgan fingerprint density at radius 2 is 2.06 bits per heavy atom. The summed E-state index contributed by atoms with van der Waals surface area (Å²) >= 11 is 3.16. The number of allylic oxidation sites excluding steroid dienone is 1. The molecule has 4 atom stereocenters. The Labute approximate surface area is 209 Å². The summed E-state index contributed by atoms with van der Waals surface area (Å²) in [7, 11) is 0. The molecule has 0 N–H and O–H groups in total. The van der Waals surface area contributed by atoms with Gasteiger partial charge in [0.2, 0.25) is 0 Å². The molecule has 1 amide bonds. The van der Waals surface area contributed by atoms with Gasteiger partial charge in [0.05, 0.1) is 18.2 Å². The first-order valence-corrected chi connectivity index (χ1v) is 12.6. The van der Waals surface area contributed by atoms with Crippen LogP contribution in [0.4, 0.5) is 9.18 Å². The van der Waals surface area contributed by atoms with E-state index in [1.54, 1.807) is 25.7 Å². The zero-order valence-corrected chi connectivity index (χ0v) is 22.0. The first-order valence-electron chi connectivity index (χ1n) is 11.8. The van der Waals surface area contributed by atoms with Gasteiger partial charge in [0.15, 0.2) is 5.78 Å². The molecule has 186 valence electrons. The number of carbonyl (C=O) groups is 3. The van der Waals surface area contributed by atoms with Crippen LogP contribution in [0.15, 0.2) is 29.4 Å². The maximum absolute atomic E-state index is 13.8. The fourth-order valence-electron chi connectivity index (χ4n) is 4.90. The SMILES string of the molecule is C=CCC[C@@H](C)C(=O)CC[C@@]12C[C@@H](C(=O)Cc3cc(F)cc(Br)n3)N(C(=O)OC(C)(C)C)[C@@H]1C2. The van der Waals surface area contributed by atoms with E-state index in [0.717, 1.165) is 19.3 Å². The molecular weight excluding hydrogens is 503 g/mol. The minimum absolute atomic E-state index is 0.0371. The monoisotopic (exact) mass is 536 g/mol. The molecule has 1 saturated carbocycles. The van der Waals surface area contributed by atoms with Crippen LogP contribution < -0.4 is 0 Å². The Bertz CT molecular complexity index is 956. The summed E-state index contributed by atoms with van der Waals surface area (Å²) in [5.74, 6) is -0.518. The van der Waals surface area contributed by atoms with Crippen molar-refractivity contribution in [2.75, 3.05) is 0 Å². The first-order chi connectivity index (χ1) is 15.8. The molecule has 1 aromatic rings. The second kappa shape index (κ2) is 10.3. The molecule has 1 aromatic heterocycles. The number of ketones is 2. The molecule has 1 aliphatic heterocycles. The van der Waals surface area contributed by atoms with Gasteiger partial charge in [-0.3, -0.25) is 14.5 Å². The van der Waals surface area contributed by atoms with Crippen molar-refractivity contribution in [2.24, 2.45) is 11.3 Å². The van der Waals surface area contributed by atoms with Crippen molar-refractivity contribution in [1.29, 1.82) is 0 Å². The number of aromatic nitrogens is 1. The van der Waals surface area contributed by atoms with Crippen molar-refractivity contribution in [3.63, 3.8) is 0 Å². The summed E-state index contributed by atoms with van der Waals surface area (Å²) in [5, 5.41) is 0. The Morgan fingerprint density at radius 3 is 2.68 bits per heavy atom. The van der Waals surface area contributed by atoms with Gasteiger partial charge >= 0.3 is 6.09 Å². The number of carbonyl (C=O) groups excluding carboxylic acids is 3. The zero-order chi connectivity index (χ0) is 25.3. The van der Waals surface area contributed by atoms with Gasteiger partial charge in [-0.25, -0.2) is 14.2 Å². The van der Waals surface area contributed by atoms with E-state index in [1.807, 2.05) is 13.0 Å². The quantitative estimate of drug-likeness (QED) is 0.278. The molecule has 0 spiro atoms. The number of nitrogens with zero attached hydrogens (tertiary/aromatic N) is 2. The third-order valence-electron chi connectivity index (χ3n) is 6.78. The van der Waals surface area contributed by atoms with Crippen LogP contribution in [0.5, 0.6) is 0 Å². The molecule has 8 heteroatoms. The summed E-state index contributed by atoms with van der Waals surface area (Å²) in [5.41, 5.74) is -0.640. The smallest absolute Gasteiger partial charge is 0.411 e. The van der Waals surface area contributed by atoms with E-state index in [2.05, 4.69) is 27.5 Å². The molecule has 0 radical (unpaired) electrons. The number of amides is 1. The average molecular weight is 537 g/mol. The predicted octanol–water partition coefficient (Wildman–Crippen LogP) is 5.81. The molecule has 3 rings (SSSR count). The molecule has 1 aliphatic carbocycles. The van der Waals surface area contributed by atoms with Crippen molar-refractivity contribution in [3.05, 3.63) is 40.9 Å². The number of halogens is 2. The van der Waals surface area contributed by atoms with Crippen molar-refractivity contribution in [2.45, 2.75) is 90.3 Å². The highest BCUT2D eigenvalue weighted by atomic mass is 79.9. The molecule has 2 heterocycles. The lowest BCUT2D eigenvalue weighted by atomic mass is 9.88. The van der Waals surface area contributed by atoms with Crippen molar-refractivity contribution >= 4 is 33.6 Å². The van der Waals surface area contributed by atoms with Gasteiger partial charge in [0, 0.05) is 24.4 Å². The molecular formula is C26H34BrFN2O4. The van der Waals surface area contributed by atoms with Gasteiger partial charge in [0.1, 0.15) is 21.8 Å². The third kappa shape index (κ3) is 6.32. The fraction of sp³-hybridized carbons (Fsp3) is 0.615. The lowest BCUT2D eigenvalue weighted by molar-refractivity contribution is -0.123. The topological polar surface area (TPSA) is 76.6 Å². The van der Waals surface area contributed by atoms with Crippen molar-refractivity contribution < 1.29 is 23.5 Å². The summed E-state index contributed by atoms with van der Waals surface area (Å²) in [6.45, 7) is 11.0. The van der Waals surface area contributed by atoms with Gasteiger partial charge in [-0.2, -0.15) is 0 Å². The van der Waals surface area contributed by atoms with Gasteiger partial charge < -0.3 is 4.74 Å². The van der Waals surface area contributed by atoms with E-state index >= 15 is 0 Å². The van der Waals surface area contributed by atoms with Crippen molar-refractivity contribution in [1.82, 2.24) is 9.88 Å². The third-order valence-corrected chi connectivity index (χ3v) is 7.19. The highest BCUT2D eigenvalue weighted by Gasteiger charge is 2.67. The molecule has 6 nitrogen and oxygen atoms in total. The van der Waals surface area contributed by atoms with E-state index in [1.165, 1.54) is 12.1 Å². The number of fused-ring (bicyclic) bond motifs is 1. The van der Waals surface area contributed by atoms with E-state index in [4.69, 9.17) is 4.74 Å². The number of piperidine rings is 1. The summed E-state index contributed by atoms with van der Waals surface area (Å²) in [6, 6.07) is 1.66. The summed E-state index contributed by atoms with van der Waals surface area (Å²) in [6.07, 6.45) is 5.10. The van der Waals surface area contributed by atoms with E-state index in [0.29, 0.717) is 29.6 Å². The Balaban J connectivity index is 1.74. The summed E-state index contributed by atoms with van der Waals surface area (Å²) < 4.78 is 19.7. The van der Waals surface area contributed by atoms with E-state index in [-0.39, 0.29) is 35.4 Å². The van der Waals surface area contributed by atoms with Gasteiger partial charge in [-0.05, 0) is 80.3 Å². The maximum Gasteiger partial charge on any atom is 0.411 e. The van der Waals surface area contributed by atoms with Crippen molar-refractivity contribution in [3.8, 4) is 0 Å². The lowest BCUT2D eigenvalue weighted by Gasteiger charge is -2.29. The van der Waals surface area contributed by atoms with Crippen LogP contribution in [0.1, 0.15) is 71.9 Å². The molecule has 2 fully saturated rings. The predicted molar refractivity (Wildman–Crippen MR) is 131 cm³/mol. The average Bonchev–Trinajstić information content (AvgIpc) is 3.31. The number of ether oxygens (including phenoxy) is 1. The summed E-state index contributed by atoms with van der Waals surface area (Å²) in [4.78, 5) is 44.8. The number of pyridine rings is 1. The van der Waals surface area contributed by atoms with Gasteiger partial charge in [0.25, 0.3) is 0 Å². The molecule has 0 bridgehead atoms. The lowest BCUT2D eigenvalue weighted by Crippen LogP contribution is -2.46. The normalized spacial score (nSPS) is 24.4. The maximum atomic E-state index is 13.8. The fourth-order valence-corrected chi connectivity index (χ4v) is 5.35. The van der Waals surface area contributed by atoms with Crippen LogP contribution in [-0.4, -0.2) is 45.2 Å². The second-order valence-corrected chi connectivity index (χ2v) is 11.5. The highest BCUT2D eigenvalue weighted by Crippen LogP contribution is 2.62. The standard InChI is InChI=1S/C26H34BrFN2O4/c1-6-7-8-16(2)20(31)9-10-26-14-19(21(32)13-18-11-17(28)12-23(27)29-18)30(22(26)15-26)24(33)34-25(3,4)5/h6,11-12,16,19,22H,1,7-10,13-15H2,2-5H3/t16-,19+,22-,26+/m1/s1. The Morgan fingerprint density at radius 1 is 1.35 bits per heavy atom. The number of rotatable bonds is 10. The second-order valence-electron chi connectivity index (χ2n) is 10.7. The Hall–Kier alpha value is -2.09. The number of Topliss-reactive ketones (excluding diaryl/α,β-unsaturated/α-hetero) is 2. The molecule has 0 unspecified atom stereocenters. The number of hydrogen-bond donors (Lipinski definition) is 0. The molecule has 2 aliphatic rings. The minimum atomic E-state index is -0.698. The van der Waals surface area contributed by atoms with Crippen LogP contribution in [0, 0.1) is 17.2 Å². The molecule has 34 heavy (non-hydrogen) atoms. The van der Waals surface area contributed by atoms with E-state index < -0.39 is 23.6 Å². The van der Waals surface area contributed by atoms with Crippen LogP contribution in [0.2, 0.25) is 0 Å². The van der Waals surface area contributed by atoms with Gasteiger partial charge in [-0.15, -0.1) is 6.58 Å².